The number of carbonyl (C=O) groups is 1. The molecule has 0 aliphatic carbocycles. The van der Waals surface area contributed by atoms with Crippen LogP contribution in [0.2, 0.25) is 0 Å². The molecule has 0 aliphatic heterocycles. The quantitative estimate of drug-likeness (QED) is 0.304. The van der Waals surface area contributed by atoms with Gasteiger partial charge in [0, 0.05) is 11.4 Å². The van der Waals surface area contributed by atoms with E-state index in [0.717, 1.165) is 20.3 Å². The molecule has 0 radical (unpaired) electrons. The first-order valence-corrected chi connectivity index (χ1v) is 12.2. The fraction of sp³-hybridized carbons (Fsp3) is 0.130. The molecule has 0 aromatic heterocycles. The minimum atomic E-state index is -3.86. The zero-order valence-electron chi connectivity index (χ0n) is 17.0. The Hall–Kier alpha value is -2.94. The smallest absolute Gasteiger partial charge is 0.255 e. The molecule has 1 N–H and O–H groups in total. The van der Waals surface area contributed by atoms with Gasteiger partial charge in [-0.3, -0.25) is 4.79 Å². The largest absolute Gasteiger partial charge is 0.272 e. The number of nitrogens with zero attached hydrogens (tertiary/aromatic N) is 2. The van der Waals surface area contributed by atoms with Crippen LogP contribution >= 0.6 is 11.8 Å². The molecule has 0 saturated heterocycles. The lowest BCUT2D eigenvalue weighted by Gasteiger charge is -2.21. The SMILES string of the molecule is CSc1ccc(/C=N/NC(=O)CN(Cc2ccccc2)S(=O)(=O)c2ccccc2)cc1. The predicted molar refractivity (Wildman–Crippen MR) is 124 cm³/mol. The number of hydrazone groups is 1. The van der Waals surface area contributed by atoms with Crippen molar-refractivity contribution in [2.24, 2.45) is 5.10 Å². The number of hydrogen-bond donors (Lipinski definition) is 1. The van der Waals surface area contributed by atoms with Crippen LogP contribution < -0.4 is 5.43 Å². The van der Waals surface area contributed by atoms with Crippen molar-refractivity contribution in [2.45, 2.75) is 16.3 Å². The van der Waals surface area contributed by atoms with Crippen LogP contribution in [0.1, 0.15) is 11.1 Å². The van der Waals surface area contributed by atoms with Gasteiger partial charge in [0.25, 0.3) is 5.91 Å². The molecule has 6 nitrogen and oxygen atoms in total. The maximum absolute atomic E-state index is 13.1. The highest BCUT2D eigenvalue weighted by atomic mass is 32.2. The topological polar surface area (TPSA) is 78.8 Å². The van der Waals surface area contributed by atoms with Gasteiger partial charge < -0.3 is 0 Å². The van der Waals surface area contributed by atoms with Crippen LogP contribution in [0.4, 0.5) is 0 Å². The number of hydrogen-bond acceptors (Lipinski definition) is 5. The summed E-state index contributed by atoms with van der Waals surface area (Å²) in [7, 11) is -3.86. The maximum atomic E-state index is 13.1. The van der Waals surface area contributed by atoms with Gasteiger partial charge in [-0.05, 0) is 41.6 Å². The Morgan fingerprint density at radius 2 is 1.58 bits per heavy atom. The summed E-state index contributed by atoms with van der Waals surface area (Å²) >= 11 is 1.64. The van der Waals surface area contributed by atoms with E-state index >= 15 is 0 Å². The van der Waals surface area contributed by atoms with Gasteiger partial charge in [0.05, 0.1) is 17.7 Å². The Morgan fingerprint density at radius 1 is 0.968 bits per heavy atom. The molecule has 8 heteroatoms. The van der Waals surface area contributed by atoms with Crippen LogP contribution in [0, 0.1) is 0 Å². The third kappa shape index (κ3) is 6.52. The zero-order valence-corrected chi connectivity index (χ0v) is 18.6. The summed E-state index contributed by atoms with van der Waals surface area (Å²) in [5.74, 6) is -0.521. The molecule has 3 aromatic carbocycles. The van der Waals surface area contributed by atoms with Crippen LogP contribution in [0.25, 0.3) is 0 Å². The zero-order chi connectivity index (χ0) is 22.1. The number of amides is 1. The Bertz CT molecular complexity index is 1120. The second-order valence-electron chi connectivity index (χ2n) is 6.64. The highest BCUT2D eigenvalue weighted by Gasteiger charge is 2.26. The number of nitrogens with one attached hydrogen (secondary N) is 1. The summed E-state index contributed by atoms with van der Waals surface area (Å²) in [6.07, 6.45) is 3.52. The summed E-state index contributed by atoms with van der Waals surface area (Å²) in [5, 5.41) is 3.96. The van der Waals surface area contributed by atoms with Crippen molar-refractivity contribution < 1.29 is 13.2 Å². The van der Waals surface area contributed by atoms with Gasteiger partial charge in [-0.25, -0.2) is 13.8 Å². The van der Waals surface area contributed by atoms with E-state index in [-0.39, 0.29) is 18.0 Å². The molecule has 0 unspecified atom stereocenters. The number of rotatable bonds is 9. The van der Waals surface area contributed by atoms with E-state index in [2.05, 4.69) is 10.5 Å². The highest BCUT2D eigenvalue weighted by Crippen LogP contribution is 2.18. The van der Waals surface area contributed by atoms with Crippen molar-refractivity contribution in [1.29, 1.82) is 0 Å². The minimum Gasteiger partial charge on any atom is -0.272 e. The van der Waals surface area contributed by atoms with Crippen LogP contribution in [-0.4, -0.2) is 37.6 Å². The number of benzene rings is 3. The molecule has 1 amide bonds. The average molecular weight is 454 g/mol. The first-order valence-electron chi connectivity index (χ1n) is 9.54. The highest BCUT2D eigenvalue weighted by molar-refractivity contribution is 7.98. The van der Waals surface area contributed by atoms with Crippen LogP contribution in [0.5, 0.6) is 0 Å². The van der Waals surface area contributed by atoms with Crippen molar-refractivity contribution in [3.05, 3.63) is 96.1 Å². The molecule has 0 heterocycles. The number of sulfonamides is 1. The molecule has 3 aromatic rings. The summed E-state index contributed by atoms with van der Waals surface area (Å²) in [5.41, 5.74) is 4.03. The molecule has 3 rings (SSSR count). The standard InChI is InChI=1S/C23H23N3O3S2/c1-30-21-14-12-19(13-15-21)16-24-25-23(27)18-26(17-20-8-4-2-5-9-20)31(28,29)22-10-6-3-7-11-22/h2-16H,17-18H2,1H3,(H,25,27)/b24-16+. The molecule has 0 aliphatic rings. The minimum absolute atomic E-state index is 0.0748. The predicted octanol–water partition coefficient (Wildman–Crippen LogP) is 3.75. The second kappa shape index (κ2) is 10.9. The van der Waals surface area contributed by atoms with E-state index in [4.69, 9.17) is 0 Å². The van der Waals surface area contributed by atoms with Gasteiger partial charge in [0.15, 0.2) is 0 Å². The van der Waals surface area contributed by atoms with Crippen molar-refractivity contribution in [2.75, 3.05) is 12.8 Å². The molecule has 0 bridgehead atoms. The molecular weight excluding hydrogens is 430 g/mol. The summed E-state index contributed by atoms with van der Waals surface area (Å²) in [6.45, 7) is -0.278. The Kier molecular flexibility index (Phi) is 8.00. The lowest BCUT2D eigenvalue weighted by molar-refractivity contribution is -0.121. The Balaban J connectivity index is 1.72. The van der Waals surface area contributed by atoms with Gasteiger partial charge in [-0.1, -0.05) is 60.7 Å². The van der Waals surface area contributed by atoms with Crippen molar-refractivity contribution in [3.8, 4) is 0 Å². The first-order chi connectivity index (χ1) is 15.0. The molecule has 0 atom stereocenters. The van der Waals surface area contributed by atoms with Gasteiger partial charge >= 0.3 is 0 Å². The Labute approximate surface area is 187 Å². The van der Waals surface area contributed by atoms with E-state index in [0.29, 0.717) is 0 Å². The first kappa shape index (κ1) is 22.7. The number of carbonyl (C=O) groups excluding carboxylic acids is 1. The third-order valence-corrected chi connectivity index (χ3v) is 6.97. The van der Waals surface area contributed by atoms with Crippen LogP contribution in [0.15, 0.2) is 99.8 Å². The molecule has 0 fully saturated rings. The summed E-state index contributed by atoms with van der Waals surface area (Å²) in [4.78, 5) is 13.7. The fourth-order valence-electron chi connectivity index (χ4n) is 2.82. The van der Waals surface area contributed by atoms with E-state index in [1.165, 1.54) is 18.3 Å². The maximum Gasteiger partial charge on any atom is 0.255 e. The molecule has 0 spiro atoms. The average Bonchev–Trinajstić information content (AvgIpc) is 2.80. The monoisotopic (exact) mass is 453 g/mol. The van der Waals surface area contributed by atoms with Gasteiger partial charge in [-0.2, -0.15) is 9.41 Å². The third-order valence-electron chi connectivity index (χ3n) is 4.42. The summed E-state index contributed by atoms with van der Waals surface area (Å²) < 4.78 is 27.4. The lowest BCUT2D eigenvalue weighted by Crippen LogP contribution is -2.39. The van der Waals surface area contributed by atoms with Crippen LogP contribution in [0.3, 0.4) is 0 Å². The van der Waals surface area contributed by atoms with Crippen molar-refractivity contribution >= 4 is 33.9 Å². The fourth-order valence-corrected chi connectivity index (χ4v) is 4.63. The van der Waals surface area contributed by atoms with Gasteiger partial charge in [-0.15, -0.1) is 11.8 Å². The molecule has 0 saturated carbocycles. The van der Waals surface area contributed by atoms with E-state index in [9.17, 15) is 13.2 Å². The normalized spacial score (nSPS) is 11.7. The van der Waals surface area contributed by atoms with E-state index < -0.39 is 15.9 Å². The van der Waals surface area contributed by atoms with Crippen molar-refractivity contribution in [3.63, 3.8) is 0 Å². The molecule has 31 heavy (non-hydrogen) atoms. The second-order valence-corrected chi connectivity index (χ2v) is 9.46. The van der Waals surface area contributed by atoms with E-state index in [1.54, 1.807) is 30.0 Å². The van der Waals surface area contributed by atoms with E-state index in [1.807, 2.05) is 60.9 Å². The Morgan fingerprint density at radius 3 is 2.19 bits per heavy atom. The van der Waals surface area contributed by atoms with Gasteiger partial charge in [0.2, 0.25) is 10.0 Å². The number of thioether (sulfide) groups is 1. The van der Waals surface area contributed by atoms with Gasteiger partial charge in [0.1, 0.15) is 0 Å². The summed E-state index contributed by atoms with van der Waals surface area (Å²) in [6, 6.07) is 24.9. The lowest BCUT2D eigenvalue weighted by atomic mass is 10.2. The van der Waals surface area contributed by atoms with Crippen molar-refractivity contribution in [1.82, 2.24) is 9.73 Å². The molecule has 160 valence electrons. The molecular formula is C23H23N3O3S2. The van der Waals surface area contributed by atoms with Crippen LogP contribution in [-0.2, 0) is 21.4 Å².